The van der Waals surface area contributed by atoms with Gasteiger partial charge in [0.1, 0.15) is 12.3 Å². The molecule has 7 rings (SSSR count). The summed E-state index contributed by atoms with van der Waals surface area (Å²) >= 11 is 6.06. The molecule has 1 saturated heterocycles. The largest absolute Gasteiger partial charge is 0.505 e. The second kappa shape index (κ2) is 12.4. The van der Waals surface area contributed by atoms with E-state index in [2.05, 4.69) is 20.4 Å². The van der Waals surface area contributed by atoms with Gasteiger partial charge >= 0.3 is 6.18 Å². The van der Waals surface area contributed by atoms with E-state index in [1.54, 1.807) is 6.08 Å². The van der Waals surface area contributed by atoms with E-state index < -0.39 is 88.3 Å². The number of hydrogen-bond donors (Lipinski definition) is 2. The molecule has 4 aromatic rings. The summed E-state index contributed by atoms with van der Waals surface area (Å²) in [6.45, 7) is -0.187. The number of halogens is 6. The molecule has 0 aliphatic carbocycles. The number of carbonyl (C=O) groups is 2. The molecule has 6 heterocycles. The molecular weight excluding hydrogens is 709 g/mol. The average Bonchev–Trinajstić information content (AvgIpc) is 3.66. The van der Waals surface area contributed by atoms with Crippen molar-refractivity contribution in [3.05, 3.63) is 86.3 Å². The number of nitrogens with zero attached hydrogens (tertiary/aromatic N) is 6. The van der Waals surface area contributed by atoms with Crippen LogP contribution in [0.5, 0.6) is 5.75 Å². The normalized spacial score (nSPS) is 21.5. The Balaban J connectivity index is 1.31. The first-order chi connectivity index (χ1) is 24.1. The molecule has 0 saturated carbocycles. The van der Waals surface area contributed by atoms with Gasteiger partial charge in [0.05, 0.1) is 53.4 Å². The van der Waals surface area contributed by atoms with Crippen LogP contribution in [0, 0.1) is 0 Å². The monoisotopic (exact) mass is 735 g/mol. The quantitative estimate of drug-likeness (QED) is 0.281. The number of ether oxygens (including phenoxy) is 2. The van der Waals surface area contributed by atoms with Crippen LogP contribution in [0.2, 0.25) is 5.02 Å². The van der Waals surface area contributed by atoms with E-state index in [9.17, 15) is 32.7 Å². The number of aromatic hydroxyl groups is 1. The van der Waals surface area contributed by atoms with Crippen molar-refractivity contribution in [2.24, 2.45) is 0 Å². The predicted octanol–water partition coefficient (Wildman–Crippen LogP) is 4.57. The maximum Gasteiger partial charge on any atom is 0.416 e. The topological polar surface area (TPSA) is 153 Å². The summed E-state index contributed by atoms with van der Waals surface area (Å²) < 4.78 is 86.1. The summed E-state index contributed by atoms with van der Waals surface area (Å²) in [6, 6.07) is 4.92. The van der Waals surface area contributed by atoms with E-state index in [0.717, 1.165) is 21.5 Å². The molecule has 19 heteroatoms. The summed E-state index contributed by atoms with van der Waals surface area (Å²) in [6.07, 6.45) is -3.14. The zero-order valence-corrected chi connectivity index (χ0v) is 27.3. The van der Waals surface area contributed by atoms with Crippen LogP contribution in [0.4, 0.5) is 27.6 Å². The standard InChI is InChI=1S/C32H27ClF5N7O6/c1-16-25-23(30(51-16)8-10-43(15-31(30,34)35)28(49)24-21(46)3-2-9-39-24)27(48)45-29(41-26(42-45)17-6-11-50-12-7-17)44(25)14-22(47)40-20-5-4-18(13-19(20)33)32(36,37)38/h2-6,9,13,16,46H,7-8,10-12,14-15H2,1H3,(H,40,47). The number of carbonyl (C=O) groups excluding carboxylic acids is 2. The third-order valence-corrected chi connectivity index (χ3v) is 9.38. The van der Waals surface area contributed by atoms with Crippen molar-refractivity contribution < 1.29 is 46.1 Å². The van der Waals surface area contributed by atoms with Gasteiger partial charge in [-0.25, -0.2) is 13.8 Å². The molecule has 2 amide bonds. The minimum absolute atomic E-state index is 0.0945. The Morgan fingerprint density at radius 1 is 1.22 bits per heavy atom. The number of likely N-dealkylation sites (tertiary alicyclic amines) is 1. The second-order valence-corrected chi connectivity index (χ2v) is 12.6. The molecule has 2 N–H and O–H groups in total. The summed E-state index contributed by atoms with van der Waals surface area (Å²) in [5.41, 5.74) is -5.13. The average molecular weight is 736 g/mol. The van der Waals surface area contributed by atoms with Gasteiger partial charge in [0, 0.05) is 19.2 Å². The number of amides is 2. The molecule has 3 aliphatic heterocycles. The van der Waals surface area contributed by atoms with Gasteiger partial charge in [0.2, 0.25) is 11.7 Å². The minimum Gasteiger partial charge on any atom is -0.505 e. The number of aromatic nitrogens is 5. The van der Waals surface area contributed by atoms with Crippen LogP contribution in [0.25, 0.3) is 11.4 Å². The molecule has 0 bridgehead atoms. The SMILES string of the molecule is CC1OC2(CCN(C(=O)c3ncccc3O)CC2(F)F)c2c1n(CC(=O)Nc1ccc(C(F)(F)F)cc1Cl)c1nc(C3=CCOCC3)nn1c2=O. The highest BCUT2D eigenvalue weighted by atomic mass is 35.5. The first-order valence-corrected chi connectivity index (χ1v) is 16.0. The van der Waals surface area contributed by atoms with Crippen molar-refractivity contribution >= 4 is 40.5 Å². The first-order valence-electron chi connectivity index (χ1n) is 15.6. The van der Waals surface area contributed by atoms with Crippen LogP contribution in [0.15, 0.2) is 47.4 Å². The zero-order chi connectivity index (χ0) is 36.5. The lowest BCUT2D eigenvalue weighted by Gasteiger charge is -2.44. The fraction of sp³-hybridized carbons (Fsp3) is 0.375. The molecule has 3 aliphatic rings. The van der Waals surface area contributed by atoms with Crippen LogP contribution in [-0.2, 0) is 32.6 Å². The lowest BCUT2D eigenvalue weighted by Crippen LogP contribution is -2.60. The van der Waals surface area contributed by atoms with E-state index >= 15 is 8.78 Å². The predicted molar refractivity (Wildman–Crippen MR) is 168 cm³/mol. The van der Waals surface area contributed by atoms with Crippen LogP contribution >= 0.6 is 11.6 Å². The van der Waals surface area contributed by atoms with Crippen molar-refractivity contribution in [3.63, 3.8) is 0 Å². The number of anilines is 1. The third kappa shape index (κ3) is 5.80. The molecule has 0 radical (unpaired) electrons. The summed E-state index contributed by atoms with van der Waals surface area (Å²) in [7, 11) is 0. The molecule has 1 spiro atoms. The minimum atomic E-state index is -4.68. The number of hydrogen-bond acceptors (Lipinski definition) is 9. The molecule has 2 atom stereocenters. The van der Waals surface area contributed by atoms with Gasteiger partial charge in [0.15, 0.2) is 17.1 Å². The Morgan fingerprint density at radius 2 is 2.00 bits per heavy atom. The van der Waals surface area contributed by atoms with E-state index in [-0.39, 0.29) is 36.1 Å². The summed E-state index contributed by atoms with van der Waals surface area (Å²) in [4.78, 5) is 50.0. The molecule has 1 fully saturated rings. The smallest absolute Gasteiger partial charge is 0.416 e. The lowest BCUT2D eigenvalue weighted by molar-refractivity contribution is -0.246. The van der Waals surface area contributed by atoms with Crippen molar-refractivity contribution in [3.8, 4) is 5.75 Å². The highest BCUT2D eigenvalue weighted by Crippen LogP contribution is 2.54. The van der Waals surface area contributed by atoms with Gasteiger partial charge in [-0.05, 0) is 49.2 Å². The summed E-state index contributed by atoms with van der Waals surface area (Å²) in [5, 5.41) is 16.5. The zero-order valence-electron chi connectivity index (χ0n) is 26.5. The number of piperidine rings is 1. The Morgan fingerprint density at radius 3 is 2.67 bits per heavy atom. The molecule has 3 aromatic heterocycles. The molecular formula is C32H27ClF5N7O6. The van der Waals surface area contributed by atoms with E-state index in [1.807, 2.05) is 0 Å². The van der Waals surface area contributed by atoms with Crippen molar-refractivity contribution in [1.29, 1.82) is 0 Å². The Bertz CT molecular complexity index is 2190. The van der Waals surface area contributed by atoms with Crippen LogP contribution < -0.4 is 10.9 Å². The van der Waals surface area contributed by atoms with E-state index in [4.69, 9.17) is 21.1 Å². The number of benzene rings is 1. The van der Waals surface area contributed by atoms with Crippen LogP contribution in [-0.4, -0.2) is 78.2 Å². The number of rotatable bonds is 5. The van der Waals surface area contributed by atoms with Gasteiger partial charge in [-0.3, -0.25) is 14.4 Å². The highest BCUT2D eigenvalue weighted by Gasteiger charge is 2.66. The lowest BCUT2D eigenvalue weighted by atomic mass is 9.81. The van der Waals surface area contributed by atoms with Gasteiger partial charge in [-0.2, -0.15) is 22.7 Å². The fourth-order valence-corrected chi connectivity index (χ4v) is 6.93. The molecule has 51 heavy (non-hydrogen) atoms. The molecule has 1 aromatic carbocycles. The third-order valence-electron chi connectivity index (χ3n) is 9.06. The molecule has 2 unspecified atom stereocenters. The Kier molecular flexibility index (Phi) is 8.38. The Labute approximate surface area is 289 Å². The van der Waals surface area contributed by atoms with Gasteiger partial charge < -0.3 is 29.4 Å². The van der Waals surface area contributed by atoms with Gasteiger partial charge in [-0.1, -0.05) is 17.7 Å². The van der Waals surface area contributed by atoms with E-state index in [1.165, 1.54) is 29.8 Å². The number of alkyl halides is 5. The van der Waals surface area contributed by atoms with Crippen molar-refractivity contribution in [2.45, 2.75) is 50.1 Å². The second-order valence-electron chi connectivity index (χ2n) is 12.2. The van der Waals surface area contributed by atoms with Crippen LogP contribution in [0.3, 0.4) is 0 Å². The number of fused-ring (bicyclic) bond motifs is 3. The molecule has 13 nitrogen and oxygen atoms in total. The number of nitrogens with one attached hydrogen (secondary N) is 1. The maximum absolute atomic E-state index is 16.6. The van der Waals surface area contributed by atoms with Gasteiger partial charge in [0.25, 0.3) is 17.4 Å². The Hall–Kier alpha value is -4.94. The fourth-order valence-electron chi connectivity index (χ4n) is 6.70. The summed E-state index contributed by atoms with van der Waals surface area (Å²) in [5.74, 6) is -6.25. The maximum atomic E-state index is 16.6. The van der Waals surface area contributed by atoms with E-state index in [0.29, 0.717) is 24.7 Å². The van der Waals surface area contributed by atoms with Crippen molar-refractivity contribution in [1.82, 2.24) is 29.0 Å². The molecule has 268 valence electrons. The number of pyridine rings is 1. The van der Waals surface area contributed by atoms with Crippen molar-refractivity contribution in [2.75, 3.05) is 31.6 Å². The van der Waals surface area contributed by atoms with Crippen LogP contribution in [0.1, 0.15) is 59.0 Å². The first kappa shape index (κ1) is 34.5. The highest BCUT2D eigenvalue weighted by molar-refractivity contribution is 6.33. The van der Waals surface area contributed by atoms with Gasteiger partial charge in [-0.15, -0.1) is 5.10 Å².